The molecule has 0 atom stereocenters. The van der Waals surface area contributed by atoms with Crippen LogP contribution in [0.1, 0.15) is 46.5 Å². The summed E-state index contributed by atoms with van der Waals surface area (Å²) in [5.41, 5.74) is 0.795. The Kier molecular flexibility index (Phi) is 9.31. The number of ether oxygens (including phenoxy) is 1. The van der Waals surface area contributed by atoms with Gasteiger partial charge in [-0.05, 0) is 31.6 Å². The summed E-state index contributed by atoms with van der Waals surface area (Å²) in [6, 6.07) is 7.62. The number of likely N-dealkylation sites (N-methyl/N-ethyl adjacent to an activating group) is 1. The van der Waals surface area contributed by atoms with Crippen molar-refractivity contribution >= 4 is 11.6 Å². The van der Waals surface area contributed by atoms with E-state index in [4.69, 9.17) is 4.74 Å². The zero-order chi connectivity index (χ0) is 16.2. The summed E-state index contributed by atoms with van der Waals surface area (Å²) in [7, 11) is 0. The van der Waals surface area contributed by atoms with Crippen LogP contribution in [0.5, 0.6) is 5.75 Å². The minimum absolute atomic E-state index is 0.0174. The summed E-state index contributed by atoms with van der Waals surface area (Å²) in [6.07, 6.45) is 4.77. The molecule has 0 spiro atoms. The number of carbonyl (C=O) groups excluding carboxylic acids is 1. The van der Waals surface area contributed by atoms with Crippen molar-refractivity contribution in [3.63, 3.8) is 0 Å². The molecule has 0 unspecified atom stereocenters. The van der Waals surface area contributed by atoms with Crippen LogP contribution in [0.4, 0.5) is 5.69 Å². The van der Waals surface area contributed by atoms with Gasteiger partial charge in [0, 0.05) is 11.8 Å². The molecule has 0 heterocycles. The molecule has 4 heteroatoms. The Morgan fingerprint density at radius 3 is 2.59 bits per heavy atom. The number of nitrogens with zero attached hydrogens (tertiary/aromatic N) is 1. The van der Waals surface area contributed by atoms with E-state index >= 15 is 0 Å². The molecule has 0 radical (unpaired) electrons. The number of amides is 1. The monoisotopic (exact) mass is 306 g/mol. The second kappa shape index (κ2) is 11.1. The Balaban J connectivity index is 2.41. The molecule has 0 aliphatic carbocycles. The van der Waals surface area contributed by atoms with Gasteiger partial charge in [0.1, 0.15) is 5.75 Å². The molecule has 1 amide bonds. The normalized spacial score (nSPS) is 10.7. The molecule has 1 rings (SSSR count). The van der Waals surface area contributed by atoms with Crippen molar-refractivity contribution in [1.82, 2.24) is 4.90 Å². The molecule has 1 aromatic carbocycles. The summed E-state index contributed by atoms with van der Waals surface area (Å²) < 4.78 is 5.74. The number of carbonyl (C=O) groups is 1. The fraction of sp³-hybridized carbons (Fsp3) is 0.611. The SMILES string of the molecule is CCCCCCOc1cccc(NC(=O)CN(CC)CC)c1. The lowest BCUT2D eigenvalue weighted by molar-refractivity contribution is -0.117. The molecule has 0 aliphatic heterocycles. The molecule has 0 aromatic heterocycles. The number of benzene rings is 1. The quantitative estimate of drug-likeness (QED) is 0.630. The van der Waals surface area contributed by atoms with E-state index in [0.717, 1.165) is 37.6 Å². The van der Waals surface area contributed by atoms with Crippen LogP contribution in [-0.2, 0) is 4.79 Å². The maximum Gasteiger partial charge on any atom is 0.238 e. The van der Waals surface area contributed by atoms with Crippen LogP contribution in [0, 0.1) is 0 Å². The maximum atomic E-state index is 12.0. The molecular formula is C18H30N2O2. The number of anilines is 1. The molecule has 4 nitrogen and oxygen atoms in total. The third-order valence-electron chi connectivity index (χ3n) is 3.65. The van der Waals surface area contributed by atoms with E-state index in [1.807, 2.05) is 24.3 Å². The average molecular weight is 306 g/mol. The van der Waals surface area contributed by atoms with Crippen molar-refractivity contribution in [2.75, 3.05) is 31.6 Å². The second-order valence-electron chi connectivity index (χ2n) is 5.45. The molecule has 0 bridgehead atoms. The maximum absolute atomic E-state index is 12.0. The van der Waals surface area contributed by atoms with Gasteiger partial charge in [-0.25, -0.2) is 0 Å². The Bertz CT molecular complexity index is 431. The molecular weight excluding hydrogens is 276 g/mol. The number of hydrogen-bond donors (Lipinski definition) is 1. The Labute approximate surface area is 134 Å². The smallest absolute Gasteiger partial charge is 0.238 e. The van der Waals surface area contributed by atoms with Crippen molar-refractivity contribution in [2.45, 2.75) is 46.5 Å². The van der Waals surface area contributed by atoms with Gasteiger partial charge in [0.2, 0.25) is 5.91 Å². The molecule has 1 N–H and O–H groups in total. The predicted molar refractivity (Wildman–Crippen MR) is 92.5 cm³/mol. The van der Waals surface area contributed by atoms with Gasteiger partial charge in [-0.1, -0.05) is 46.1 Å². The van der Waals surface area contributed by atoms with Crippen LogP contribution in [0.3, 0.4) is 0 Å². The highest BCUT2D eigenvalue weighted by molar-refractivity contribution is 5.92. The van der Waals surface area contributed by atoms with E-state index in [2.05, 4.69) is 31.0 Å². The zero-order valence-electron chi connectivity index (χ0n) is 14.2. The van der Waals surface area contributed by atoms with Crippen molar-refractivity contribution in [3.05, 3.63) is 24.3 Å². The molecule has 0 saturated carbocycles. The largest absolute Gasteiger partial charge is 0.494 e. The van der Waals surface area contributed by atoms with Crippen LogP contribution < -0.4 is 10.1 Å². The van der Waals surface area contributed by atoms with Crippen LogP contribution >= 0.6 is 0 Å². The van der Waals surface area contributed by atoms with Crippen molar-refractivity contribution in [1.29, 1.82) is 0 Å². The van der Waals surface area contributed by atoms with Crippen molar-refractivity contribution in [2.24, 2.45) is 0 Å². The molecule has 0 fully saturated rings. The van der Waals surface area contributed by atoms with Gasteiger partial charge in [-0.15, -0.1) is 0 Å². The topological polar surface area (TPSA) is 41.6 Å². The first-order valence-corrected chi connectivity index (χ1v) is 8.44. The summed E-state index contributed by atoms with van der Waals surface area (Å²) >= 11 is 0. The number of nitrogens with one attached hydrogen (secondary N) is 1. The number of rotatable bonds is 11. The lowest BCUT2D eigenvalue weighted by Gasteiger charge is -2.17. The van der Waals surface area contributed by atoms with E-state index in [1.165, 1.54) is 19.3 Å². The predicted octanol–water partition coefficient (Wildman–Crippen LogP) is 3.93. The molecule has 0 saturated heterocycles. The van der Waals surface area contributed by atoms with Crippen LogP contribution in [0.25, 0.3) is 0 Å². The van der Waals surface area contributed by atoms with E-state index < -0.39 is 0 Å². The molecule has 1 aromatic rings. The minimum atomic E-state index is 0.0174. The molecule has 22 heavy (non-hydrogen) atoms. The molecule has 0 aliphatic rings. The fourth-order valence-electron chi connectivity index (χ4n) is 2.23. The second-order valence-corrected chi connectivity index (χ2v) is 5.45. The van der Waals surface area contributed by atoms with Crippen LogP contribution in [-0.4, -0.2) is 37.0 Å². The van der Waals surface area contributed by atoms with Crippen LogP contribution in [0.2, 0.25) is 0 Å². The summed E-state index contributed by atoms with van der Waals surface area (Å²) in [6.45, 7) is 9.24. The minimum Gasteiger partial charge on any atom is -0.494 e. The summed E-state index contributed by atoms with van der Waals surface area (Å²) in [4.78, 5) is 14.1. The van der Waals surface area contributed by atoms with E-state index in [-0.39, 0.29) is 5.91 Å². The Morgan fingerprint density at radius 1 is 1.14 bits per heavy atom. The summed E-state index contributed by atoms with van der Waals surface area (Å²) in [5.74, 6) is 0.834. The lowest BCUT2D eigenvalue weighted by Crippen LogP contribution is -2.32. The van der Waals surface area contributed by atoms with Gasteiger partial charge in [0.05, 0.1) is 13.2 Å². The number of hydrogen-bond acceptors (Lipinski definition) is 3. The first-order valence-electron chi connectivity index (χ1n) is 8.44. The van der Waals surface area contributed by atoms with E-state index in [0.29, 0.717) is 6.54 Å². The molecule has 124 valence electrons. The Morgan fingerprint density at radius 2 is 1.91 bits per heavy atom. The van der Waals surface area contributed by atoms with Gasteiger partial charge >= 0.3 is 0 Å². The van der Waals surface area contributed by atoms with Gasteiger partial charge in [-0.2, -0.15) is 0 Å². The number of unbranched alkanes of at least 4 members (excludes halogenated alkanes) is 3. The van der Waals surface area contributed by atoms with E-state index in [1.54, 1.807) is 0 Å². The van der Waals surface area contributed by atoms with Gasteiger partial charge < -0.3 is 10.1 Å². The third kappa shape index (κ3) is 7.46. The van der Waals surface area contributed by atoms with Crippen molar-refractivity contribution < 1.29 is 9.53 Å². The lowest BCUT2D eigenvalue weighted by atomic mass is 10.2. The highest BCUT2D eigenvalue weighted by Crippen LogP contribution is 2.17. The summed E-state index contributed by atoms with van der Waals surface area (Å²) in [5, 5.41) is 2.93. The third-order valence-corrected chi connectivity index (χ3v) is 3.65. The average Bonchev–Trinajstić information content (AvgIpc) is 2.52. The zero-order valence-corrected chi connectivity index (χ0v) is 14.2. The van der Waals surface area contributed by atoms with Crippen molar-refractivity contribution in [3.8, 4) is 5.75 Å². The fourth-order valence-corrected chi connectivity index (χ4v) is 2.23. The van der Waals surface area contributed by atoms with E-state index in [9.17, 15) is 4.79 Å². The van der Waals surface area contributed by atoms with Crippen LogP contribution in [0.15, 0.2) is 24.3 Å². The highest BCUT2D eigenvalue weighted by Gasteiger charge is 2.07. The van der Waals surface area contributed by atoms with Gasteiger partial charge in [0.25, 0.3) is 0 Å². The first kappa shape index (κ1) is 18.5. The van der Waals surface area contributed by atoms with Gasteiger partial charge in [0.15, 0.2) is 0 Å². The standard InChI is InChI=1S/C18H30N2O2/c1-4-7-8-9-13-22-17-12-10-11-16(14-17)19-18(21)15-20(5-2)6-3/h10-12,14H,4-9,13,15H2,1-3H3,(H,19,21). The first-order chi connectivity index (χ1) is 10.7. The highest BCUT2D eigenvalue weighted by atomic mass is 16.5. The Hall–Kier alpha value is -1.55. The van der Waals surface area contributed by atoms with Gasteiger partial charge in [-0.3, -0.25) is 9.69 Å².